The summed E-state index contributed by atoms with van der Waals surface area (Å²) in [5.41, 5.74) is 0.240. The van der Waals surface area contributed by atoms with Crippen molar-refractivity contribution in [2.24, 2.45) is 7.05 Å². The molecule has 1 aromatic heterocycles. The summed E-state index contributed by atoms with van der Waals surface area (Å²) in [4.78, 5) is 37.7. The Morgan fingerprint density at radius 3 is 2.72 bits per heavy atom. The monoisotopic (exact) mass is 342 g/mol. The number of carboxylic acids is 1. The van der Waals surface area contributed by atoms with Crippen molar-refractivity contribution < 1.29 is 19.5 Å². The van der Waals surface area contributed by atoms with Crippen molar-refractivity contribution in [3.8, 4) is 0 Å². The first-order chi connectivity index (χ1) is 12.0. The molecule has 0 bridgehead atoms. The fourth-order valence-electron chi connectivity index (χ4n) is 2.90. The number of rotatable bonds is 4. The van der Waals surface area contributed by atoms with Crippen LogP contribution in [0, 0.1) is 0 Å². The zero-order valence-corrected chi connectivity index (χ0v) is 13.7. The van der Waals surface area contributed by atoms with Crippen LogP contribution in [0.25, 0.3) is 0 Å². The second-order valence-electron chi connectivity index (χ2n) is 5.86. The lowest BCUT2D eigenvalue weighted by molar-refractivity contribution is -0.121. The van der Waals surface area contributed by atoms with Crippen molar-refractivity contribution in [1.82, 2.24) is 15.1 Å². The highest BCUT2D eigenvalue weighted by molar-refractivity contribution is 6.03. The number of aryl methyl sites for hydroxylation is 1. The van der Waals surface area contributed by atoms with Gasteiger partial charge in [0.2, 0.25) is 0 Å². The van der Waals surface area contributed by atoms with Crippen LogP contribution in [0.5, 0.6) is 0 Å². The van der Waals surface area contributed by atoms with Gasteiger partial charge in [-0.25, -0.2) is 4.79 Å². The number of aromatic carboxylic acids is 1. The average Bonchev–Trinajstić information content (AvgIpc) is 3.02. The van der Waals surface area contributed by atoms with Crippen LogP contribution in [-0.2, 0) is 11.8 Å². The van der Waals surface area contributed by atoms with E-state index >= 15 is 0 Å². The lowest BCUT2D eigenvalue weighted by Gasteiger charge is -2.32. The van der Waals surface area contributed by atoms with Gasteiger partial charge in [0.1, 0.15) is 11.9 Å². The number of carbonyl (C=O) groups is 3. The Balaban J connectivity index is 1.75. The molecule has 1 aliphatic rings. The maximum Gasteiger partial charge on any atom is 0.335 e. The number of benzene rings is 1. The molecule has 0 spiro atoms. The van der Waals surface area contributed by atoms with Gasteiger partial charge in [0, 0.05) is 25.2 Å². The first kappa shape index (κ1) is 16.7. The number of carbonyl (C=O) groups excluding carboxylic acids is 2. The minimum atomic E-state index is -1.11. The zero-order valence-electron chi connectivity index (χ0n) is 13.7. The van der Waals surface area contributed by atoms with E-state index in [2.05, 4.69) is 10.4 Å². The average molecular weight is 342 g/mol. The SMILES string of the molecule is Cn1nccc1N1CCCC(NC(=O)c2cccc(C(=O)O)c2)C1=O. The Bertz CT molecular complexity index is 830. The summed E-state index contributed by atoms with van der Waals surface area (Å²) in [6.45, 7) is 0.569. The quantitative estimate of drug-likeness (QED) is 0.864. The van der Waals surface area contributed by atoms with Gasteiger partial charge in [-0.1, -0.05) is 6.07 Å². The number of piperidine rings is 1. The molecule has 3 rings (SSSR count). The Kier molecular flexibility index (Phi) is 4.51. The Hall–Kier alpha value is -3.16. The maximum absolute atomic E-state index is 12.7. The van der Waals surface area contributed by atoms with E-state index in [1.807, 2.05) is 0 Å². The van der Waals surface area contributed by atoms with E-state index in [1.165, 1.54) is 24.3 Å². The summed E-state index contributed by atoms with van der Waals surface area (Å²) in [6, 6.07) is 6.83. The molecule has 130 valence electrons. The summed E-state index contributed by atoms with van der Waals surface area (Å²) in [5.74, 6) is -1.09. The molecule has 0 aliphatic carbocycles. The first-order valence-electron chi connectivity index (χ1n) is 7.91. The van der Waals surface area contributed by atoms with Crippen LogP contribution in [0.4, 0.5) is 5.82 Å². The molecule has 2 heterocycles. The number of carboxylic acid groups (broad SMARTS) is 1. The van der Waals surface area contributed by atoms with Gasteiger partial charge in [0.15, 0.2) is 0 Å². The van der Waals surface area contributed by atoms with Crippen LogP contribution in [0.1, 0.15) is 33.6 Å². The molecule has 25 heavy (non-hydrogen) atoms. The number of aromatic nitrogens is 2. The fraction of sp³-hybridized carbons (Fsp3) is 0.294. The number of anilines is 1. The number of nitrogens with zero attached hydrogens (tertiary/aromatic N) is 3. The van der Waals surface area contributed by atoms with E-state index in [-0.39, 0.29) is 17.0 Å². The second kappa shape index (κ2) is 6.76. The standard InChI is InChI=1S/C17H18N4O4/c1-20-14(7-8-18-20)21-9-3-6-13(16(21)23)19-15(22)11-4-2-5-12(10-11)17(24)25/h2,4-5,7-8,10,13H,3,6,9H2,1H3,(H,19,22)(H,24,25). The third-order valence-electron chi connectivity index (χ3n) is 4.19. The largest absolute Gasteiger partial charge is 0.478 e. The van der Waals surface area contributed by atoms with Crippen molar-refractivity contribution in [2.75, 3.05) is 11.4 Å². The van der Waals surface area contributed by atoms with Gasteiger partial charge >= 0.3 is 5.97 Å². The van der Waals surface area contributed by atoms with E-state index in [0.29, 0.717) is 18.8 Å². The molecule has 8 heteroatoms. The van der Waals surface area contributed by atoms with Gasteiger partial charge < -0.3 is 10.4 Å². The highest BCUT2D eigenvalue weighted by Gasteiger charge is 2.32. The van der Waals surface area contributed by atoms with Crippen LogP contribution >= 0.6 is 0 Å². The van der Waals surface area contributed by atoms with Crippen LogP contribution in [0.15, 0.2) is 36.5 Å². The Labute approximate surface area is 144 Å². The Morgan fingerprint density at radius 2 is 2.04 bits per heavy atom. The fourth-order valence-corrected chi connectivity index (χ4v) is 2.90. The van der Waals surface area contributed by atoms with E-state index in [1.54, 1.807) is 28.9 Å². The molecule has 8 nitrogen and oxygen atoms in total. The van der Waals surface area contributed by atoms with Gasteiger partial charge in [-0.05, 0) is 31.0 Å². The predicted molar refractivity (Wildman–Crippen MR) is 89.5 cm³/mol. The van der Waals surface area contributed by atoms with E-state index in [0.717, 1.165) is 6.42 Å². The van der Waals surface area contributed by atoms with Crippen molar-refractivity contribution in [3.05, 3.63) is 47.7 Å². The molecule has 1 fully saturated rings. The van der Waals surface area contributed by atoms with Crippen LogP contribution in [0.2, 0.25) is 0 Å². The van der Waals surface area contributed by atoms with Crippen molar-refractivity contribution >= 4 is 23.6 Å². The van der Waals surface area contributed by atoms with Gasteiger partial charge in [0.05, 0.1) is 11.8 Å². The summed E-state index contributed by atoms with van der Waals surface area (Å²) < 4.78 is 1.61. The molecule has 2 amide bonds. The number of nitrogens with one attached hydrogen (secondary N) is 1. The number of hydrogen-bond donors (Lipinski definition) is 2. The second-order valence-corrected chi connectivity index (χ2v) is 5.86. The normalized spacial score (nSPS) is 17.4. The Morgan fingerprint density at radius 1 is 1.28 bits per heavy atom. The molecule has 1 aliphatic heterocycles. The molecular formula is C17H18N4O4. The summed E-state index contributed by atoms with van der Waals surface area (Å²) in [7, 11) is 1.75. The van der Waals surface area contributed by atoms with Gasteiger partial charge in [-0.3, -0.25) is 19.2 Å². The third kappa shape index (κ3) is 3.37. The molecular weight excluding hydrogens is 324 g/mol. The number of hydrogen-bond acceptors (Lipinski definition) is 4. The third-order valence-corrected chi connectivity index (χ3v) is 4.19. The van der Waals surface area contributed by atoms with Crippen LogP contribution < -0.4 is 10.2 Å². The molecule has 1 aromatic carbocycles. The molecule has 1 unspecified atom stereocenters. The maximum atomic E-state index is 12.7. The van der Waals surface area contributed by atoms with Crippen molar-refractivity contribution in [1.29, 1.82) is 0 Å². The molecule has 0 saturated carbocycles. The highest BCUT2D eigenvalue weighted by atomic mass is 16.4. The summed E-state index contributed by atoms with van der Waals surface area (Å²) in [6.07, 6.45) is 2.90. The van der Waals surface area contributed by atoms with Gasteiger partial charge in [-0.15, -0.1) is 0 Å². The molecule has 2 N–H and O–H groups in total. The summed E-state index contributed by atoms with van der Waals surface area (Å²) >= 11 is 0. The lowest BCUT2D eigenvalue weighted by Crippen LogP contribution is -2.52. The topological polar surface area (TPSA) is 105 Å². The smallest absolute Gasteiger partial charge is 0.335 e. The van der Waals surface area contributed by atoms with E-state index < -0.39 is 17.9 Å². The molecule has 2 aromatic rings. The van der Waals surface area contributed by atoms with Crippen molar-refractivity contribution in [3.63, 3.8) is 0 Å². The zero-order chi connectivity index (χ0) is 18.0. The van der Waals surface area contributed by atoms with Gasteiger partial charge in [-0.2, -0.15) is 5.10 Å². The lowest BCUT2D eigenvalue weighted by atomic mass is 10.0. The van der Waals surface area contributed by atoms with E-state index in [4.69, 9.17) is 5.11 Å². The predicted octanol–water partition coefficient (Wildman–Crippen LogP) is 1.04. The molecule has 1 atom stereocenters. The summed E-state index contributed by atoms with van der Waals surface area (Å²) in [5, 5.41) is 15.8. The molecule has 1 saturated heterocycles. The van der Waals surface area contributed by atoms with Crippen LogP contribution in [0.3, 0.4) is 0 Å². The minimum absolute atomic E-state index is 0.0270. The minimum Gasteiger partial charge on any atom is -0.478 e. The van der Waals surface area contributed by atoms with Gasteiger partial charge in [0.25, 0.3) is 11.8 Å². The van der Waals surface area contributed by atoms with Crippen molar-refractivity contribution in [2.45, 2.75) is 18.9 Å². The molecule has 0 radical (unpaired) electrons. The van der Waals surface area contributed by atoms with E-state index in [9.17, 15) is 14.4 Å². The number of amides is 2. The first-order valence-corrected chi connectivity index (χ1v) is 7.91. The highest BCUT2D eigenvalue weighted by Crippen LogP contribution is 2.20. The van der Waals surface area contributed by atoms with Crippen LogP contribution in [-0.4, -0.2) is 45.3 Å².